The maximum Gasteiger partial charge on any atom is 0.316 e. The van der Waals surface area contributed by atoms with Gasteiger partial charge >= 0.3 is 5.97 Å². The van der Waals surface area contributed by atoms with E-state index >= 15 is 0 Å². The molecule has 0 spiro atoms. The zero-order valence-corrected chi connectivity index (χ0v) is 18.6. The van der Waals surface area contributed by atoms with Crippen LogP contribution in [-0.4, -0.2) is 30.2 Å². The van der Waals surface area contributed by atoms with Crippen LogP contribution < -0.4 is 14.5 Å². The van der Waals surface area contributed by atoms with Crippen LogP contribution in [0.1, 0.15) is 26.2 Å². The highest BCUT2D eigenvalue weighted by molar-refractivity contribution is 6.22. The van der Waals surface area contributed by atoms with Crippen LogP contribution in [-0.2, 0) is 19.2 Å². The van der Waals surface area contributed by atoms with Crippen molar-refractivity contribution >= 4 is 35.1 Å². The number of carbonyl (C=O) groups excluding carboxylic acids is 4. The lowest BCUT2D eigenvalue weighted by Gasteiger charge is -2.18. The number of hydrogen-bond acceptors (Lipinski definition) is 5. The summed E-state index contributed by atoms with van der Waals surface area (Å²) in [5, 5.41) is 0. The second-order valence-electron chi connectivity index (χ2n) is 9.01. The molecule has 2 heterocycles. The molecule has 2 fully saturated rings. The molecule has 2 aliphatic heterocycles. The fourth-order valence-electron chi connectivity index (χ4n) is 4.89. The van der Waals surface area contributed by atoms with Crippen molar-refractivity contribution in [2.24, 2.45) is 17.8 Å². The molecule has 0 aromatic heterocycles. The Balaban J connectivity index is 1.24. The van der Waals surface area contributed by atoms with Gasteiger partial charge < -0.3 is 9.64 Å². The molecule has 7 nitrogen and oxygen atoms in total. The Bertz CT molecular complexity index is 1200. The molecule has 0 unspecified atom stereocenters. The molecule has 3 amide bonds. The van der Waals surface area contributed by atoms with E-state index in [0.717, 1.165) is 5.57 Å². The Morgan fingerprint density at radius 3 is 2.26 bits per heavy atom. The predicted octanol–water partition coefficient (Wildman–Crippen LogP) is 3.63. The third kappa shape index (κ3) is 3.89. The monoisotopic (exact) mass is 462 g/mol. The standard InChI is InChI=1S/C26H23FN2O5/c1-15-2-11-21-22(12-15)25(32)29(24(21)31)19-7-9-20(10-8-19)34-26(33)16-13-23(30)28(14-16)18-5-3-17(27)4-6-18/h2-10,16,21-22H,11-14H2,1H3/t16-,21-,22+/m0/s1. The summed E-state index contributed by atoms with van der Waals surface area (Å²) in [5.74, 6) is -2.62. The second kappa shape index (κ2) is 8.52. The molecule has 2 aromatic carbocycles. The summed E-state index contributed by atoms with van der Waals surface area (Å²) in [5.41, 5.74) is 2.09. The third-order valence-corrected chi connectivity index (χ3v) is 6.73. The lowest BCUT2D eigenvalue weighted by Crippen LogP contribution is -2.30. The average molecular weight is 462 g/mol. The van der Waals surface area contributed by atoms with Crippen LogP contribution in [0.25, 0.3) is 0 Å². The summed E-state index contributed by atoms with van der Waals surface area (Å²) in [6.45, 7) is 2.12. The molecular formula is C26H23FN2O5. The molecule has 8 heteroatoms. The first kappa shape index (κ1) is 22.0. The summed E-state index contributed by atoms with van der Waals surface area (Å²) in [7, 11) is 0. The van der Waals surface area contributed by atoms with E-state index in [-0.39, 0.29) is 48.3 Å². The SMILES string of the molecule is CC1=CC[C@@H]2C(=O)N(c3ccc(OC(=O)[C@H]4CC(=O)N(c5ccc(F)cc5)C4)cc3)C(=O)[C@@H]2C1. The van der Waals surface area contributed by atoms with Gasteiger partial charge in [0, 0.05) is 18.7 Å². The van der Waals surface area contributed by atoms with E-state index < -0.39 is 17.7 Å². The van der Waals surface area contributed by atoms with Gasteiger partial charge in [0.15, 0.2) is 0 Å². The van der Waals surface area contributed by atoms with Crippen molar-refractivity contribution in [1.82, 2.24) is 0 Å². The number of hydrogen-bond donors (Lipinski definition) is 0. The molecule has 0 N–H and O–H groups in total. The molecule has 174 valence electrons. The number of ether oxygens (including phenoxy) is 1. The Labute approximate surface area is 195 Å². The first-order chi connectivity index (χ1) is 16.3. The predicted molar refractivity (Wildman–Crippen MR) is 121 cm³/mol. The number of nitrogens with zero attached hydrogens (tertiary/aromatic N) is 2. The fraction of sp³-hybridized carbons (Fsp3) is 0.308. The minimum Gasteiger partial charge on any atom is -0.426 e. The first-order valence-corrected chi connectivity index (χ1v) is 11.2. The van der Waals surface area contributed by atoms with Gasteiger partial charge in [-0.15, -0.1) is 0 Å². The number of halogens is 1. The molecule has 34 heavy (non-hydrogen) atoms. The number of anilines is 2. The van der Waals surface area contributed by atoms with Crippen molar-refractivity contribution in [3.05, 3.63) is 66.0 Å². The number of benzene rings is 2. The van der Waals surface area contributed by atoms with Crippen LogP contribution >= 0.6 is 0 Å². The molecule has 5 rings (SSSR count). The van der Waals surface area contributed by atoms with Gasteiger partial charge in [0.05, 0.1) is 23.4 Å². The molecule has 3 aliphatic rings. The Hall–Kier alpha value is -3.81. The van der Waals surface area contributed by atoms with E-state index in [2.05, 4.69) is 0 Å². The van der Waals surface area contributed by atoms with Gasteiger partial charge in [-0.3, -0.25) is 24.1 Å². The van der Waals surface area contributed by atoms with Crippen LogP contribution in [0, 0.1) is 23.6 Å². The number of imide groups is 1. The van der Waals surface area contributed by atoms with Crippen molar-refractivity contribution in [2.75, 3.05) is 16.3 Å². The summed E-state index contributed by atoms with van der Waals surface area (Å²) in [4.78, 5) is 53.4. The Morgan fingerprint density at radius 1 is 0.912 bits per heavy atom. The van der Waals surface area contributed by atoms with E-state index in [1.165, 1.54) is 46.2 Å². The quantitative estimate of drug-likeness (QED) is 0.300. The minimum absolute atomic E-state index is 0.00129. The highest BCUT2D eigenvalue weighted by atomic mass is 19.1. The molecule has 1 aliphatic carbocycles. The zero-order chi connectivity index (χ0) is 24.0. The van der Waals surface area contributed by atoms with E-state index in [1.807, 2.05) is 13.0 Å². The first-order valence-electron chi connectivity index (χ1n) is 11.2. The number of rotatable bonds is 4. The number of carbonyl (C=O) groups is 4. The molecule has 0 radical (unpaired) electrons. The Kier molecular flexibility index (Phi) is 5.51. The van der Waals surface area contributed by atoms with E-state index in [0.29, 0.717) is 24.2 Å². The second-order valence-corrected chi connectivity index (χ2v) is 9.01. The van der Waals surface area contributed by atoms with Gasteiger partial charge in [0.2, 0.25) is 17.7 Å². The normalized spacial score (nSPS) is 24.4. The van der Waals surface area contributed by atoms with Gasteiger partial charge in [0.1, 0.15) is 11.6 Å². The van der Waals surface area contributed by atoms with E-state index in [9.17, 15) is 23.6 Å². The van der Waals surface area contributed by atoms with E-state index in [1.54, 1.807) is 12.1 Å². The highest BCUT2D eigenvalue weighted by Crippen LogP contribution is 2.40. The van der Waals surface area contributed by atoms with Crippen molar-refractivity contribution in [2.45, 2.75) is 26.2 Å². The van der Waals surface area contributed by atoms with Crippen LogP contribution in [0.2, 0.25) is 0 Å². The van der Waals surface area contributed by atoms with Crippen molar-refractivity contribution in [1.29, 1.82) is 0 Å². The fourth-order valence-corrected chi connectivity index (χ4v) is 4.89. The van der Waals surface area contributed by atoms with Gasteiger partial charge in [-0.25, -0.2) is 4.39 Å². The summed E-state index contributed by atoms with van der Waals surface area (Å²) in [6, 6.07) is 11.8. The van der Waals surface area contributed by atoms with Crippen LogP contribution in [0.15, 0.2) is 60.2 Å². The zero-order valence-electron chi connectivity index (χ0n) is 18.6. The topological polar surface area (TPSA) is 84.0 Å². The van der Waals surface area contributed by atoms with Gasteiger partial charge in [-0.2, -0.15) is 0 Å². The molecule has 0 bridgehead atoms. The maximum absolute atomic E-state index is 13.2. The highest BCUT2D eigenvalue weighted by Gasteiger charge is 2.48. The maximum atomic E-state index is 13.2. The minimum atomic E-state index is -0.655. The summed E-state index contributed by atoms with van der Waals surface area (Å²) >= 11 is 0. The van der Waals surface area contributed by atoms with Crippen molar-refractivity contribution in [3.63, 3.8) is 0 Å². The van der Waals surface area contributed by atoms with E-state index in [4.69, 9.17) is 4.74 Å². The number of amides is 3. The number of fused-ring (bicyclic) bond motifs is 1. The molecular weight excluding hydrogens is 439 g/mol. The molecule has 0 saturated carbocycles. The lowest BCUT2D eigenvalue weighted by atomic mass is 9.82. The van der Waals surface area contributed by atoms with Crippen molar-refractivity contribution < 1.29 is 28.3 Å². The van der Waals surface area contributed by atoms with Crippen LogP contribution in [0.4, 0.5) is 15.8 Å². The lowest BCUT2D eigenvalue weighted by molar-refractivity contribution is -0.139. The van der Waals surface area contributed by atoms with Crippen molar-refractivity contribution in [3.8, 4) is 5.75 Å². The van der Waals surface area contributed by atoms with Gasteiger partial charge in [-0.05, 0) is 68.3 Å². The molecule has 2 saturated heterocycles. The van der Waals surface area contributed by atoms with Crippen LogP contribution in [0.3, 0.4) is 0 Å². The number of esters is 1. The molecule has 3 atom stereocenters. The molecule has 2 aromatic rings. The van der Waals surface area contributed by atoms with Gasteiger partial charge in [0.25, 0.3) is 0 Å². The summed E-state index contributed by atoms with van der Waals surface area (Å²) < 4.78 is 18.6. The smallest absolute Gasteiger partial charge is 0.316 e. The Morgan fingerprint density at radius 2 is 1.56 bits per heavy atom. The third-order valence-electron chi connectivity index (χ3n) is 6.73. The summed E-state index contributed by atoms with van der Waals surface area (Å²) in [6.07, 6.45) is 3.18. The number of allylic oxidation sites excluding steroid dienone is 2. The largest absolute Gasteiger partial charge is 0.426 e. The van der Waals surface area contributed by atoms with Gasteiger partial charge in [-0.1, -0.05) is 11.6 Å². The average Bonchev–Trinajstić information content (AvgIpc) is 3.32. The van der Waals surface area contributed by atoms with Crippen LogP contribution in [0.5, 0.6) is 5.75 Å².